The number of para-hydroxylation sites is 1. The summed E-state index contributed by atoms with van der Waals surface area (Å²) in [4.78, 5) is 12.4. The topological polar surface area (TPSA) is 75.7 Å². The highest BCUT2D eigenvalue weighted by Crippen LogP contribution is 2.23. The number of carbonyl (C=O) groups is 1. The highest BCUT2D eigenvalue weighted by molar-refractivity contribution is 7.92. The molecule has 0 radical (unpaired) electrons. The molecule has 0 aliphatic carbocycles. The SMILES string of the molecule is Cc1ccc(OCCNC(=O)CN(c2ccccc2)S(=O)(=O)c2ccc(F)cc2)c(C)c1. The molecule has 0 unspecified atom stereocenters. The average Bonchev–Trinajstić information content (AvgIpc) is 2.77. The Bertz CT molecular complexity index is 1170. The van der Waals surface area contributed by atoms with Crippen molar-refractivity contribution in [1.29, 1.82) is 0 Å². The summed E-state index contributed by atoms with van der Waals surface area (Å²) in [5, 5.41) is 2.69. The molecule has 3 rings (SSSR count). The van der Waals surface area contributed by atoms with Gasteiger partial charge in [-0.15, -0.1) is 0 Å². The Hall–Kier alpha value is -3.39. The zero-order valence-electron chi connectivity index (χ0n) is 17.9. The summed E-state index contributed by atoms with van der Waals surface area (Å²) in [5.74, 6) is -0.296. The Labute approximate surface area is 187 Å². The summed E-state index contributed by atoms with van der Waals surface area (Å²) in [6.07, 6.45) is 0. The van der Waals surface area contributed by atoms with Gasteiger partial charge in [0.25, 0.3) is 10.0 Å². The van der Waals surface area contributed by atoms with Gasteiger partial charge in [0.05, 0.1) is 17.1 Å². The normalized spacial score (nSPS) is 11.1. The molecule has 8 heteroatoms. The first-order chi connectivity index (χ1) is 15.3. The molecule has 0 bridgehead atoms. The van der Waals surface area contributed by atoms with Gasteiger partial charge in [0.15, 0.2) is 0 Å². The van der Waals surface area contributed by atoms with Crippen molar-refractivity contribution in [1.82, 2.24) is 5.32 Å². The Morgan fingerprint density at radius 2 is 1.69 bits per heavy atom. The summed E-state index contributed by atoms with van der Waals surface area (Å²) < 4.78 is 46.3. The van der Waals surface area contributed by atoms with Crippen molar-refractivity contribution in [2.45, 2.75) is 18.7 Å². The van der Waals surface area contributed by atoms with Gasteiger partial charge in [0, 0.05) is 0 Å². The van der Waals surface area contributed by atoms with Crippen LogP contribution in [-0.2, 0) is 14.8 Å². The predicted molar refractivity (Wildman–Crippen MR) is 122 cm³/mol. The second-order valence-corrected chi connectivity index (χ2v) is 9.13. The van der Waals surface area contributed by atoms with Crippen molar-refractivity contribution in [2.75, 3.05) is 24.0 Å². The second kappa shape index (κ2) is 10.3. The van der Waals surface area contributed by atoms with Crippen molar-refractivity contribution in [2.24, 2.45) is 0 Å². The molecule has 0 aliphatic rings. The molecule has 0 atom stereocenters. The first-order valence-corrected chi connectivity index (χ1v) is 11.5. The highest BCUT2D eigenvalue weighted by atomic mass is 32.2. The lowest BCUT2D eigenvalue weighted by Crippen LogP contribution is -2.41. The molecule has 1 amide bonds. The number of benzene rings is 3. The van der Waals surface area contributed by atoms with E-state index < -0.39 is 28.3 Å². The Kier molecular flexibility index (Phi) is 7.48. The van der Waals surface area contributed by atoms with E-state index in [4.69, 9.17) is 4.74 Å². The standard InChI is InChI=1S/C24H25FN2O4S/c1-18-8-13-23(19(2)16-18)31-15-14-26-24(28)17-27(21-6-4-3-5-7-21)32(29,30)22-11-9-20(25)10-12-22/h3-13,16H,14-15,17H2,1-2H3,(H,26,28). The maximum atomic E-state index is 13.3. The zero-order valence-corrected chi connectivity index (χ0v) is 18.7. The molecule has 0 heterocycles. The maximum Gasteiger partial charge on any atom is 0.264 e. The first-order valence-electron chi connectivity index (χ1n) is 10.1. The number of nitrogens with one attached hydrogen (secondary N) is 1. The van der Waals surface area contributed by atoms with Crippen LogP contribution < -0.4 is 14.4 Å². The number of halogens is 1. The van der Waals surface area contributed by atoms with Gasteiger partial charge in [-0.05, 0) is 61.9 Å². The monoisotopic (exact) mass is 456 g/mol. The number of nitrogens with zero attached hydrogens (tertiary/aromatic N) is 1. The van der Waals surface area contributed by atoms with Crippen molar-refractivity contribution in [3.63, 3.8) is 0 Å². The van der Waals surface area contributed by atoms with Crippen LogP contribution in [-0.4, -0.2) is 34.0 Å². The number of carbonyl (C=O) groups excluding carboxylic acids is 1. The molecule has 0 saturated carbocycles. The third-order valence-electron chi connectivity index (χ3n) is 4.75. The Morgan fingerprint density at radius 1 is 1.00 bits per heavy atom. The minimum Gasteiger partial charge on any atom is -0.491 e. The zero-order chi connectivity index (χ0) is 23.1. The molecule has 0 aliphatic heterocycles. The van der Waals surface area contributed by atoms with E-state index in [2.05, 4.69) is 5.32 Å². The van der Waals surface area contributed by atoms with Crippen LogP contribution in [0.15, 0.2) is 77.7 Å². The molecule has 0 saturated heterocycles. The van der Waals surface area contributed by atoms with Gasteiger partial charge in [0.1, 0.15) is 24.7 Å². The van der Waals surface area contributed by atoms with E-state index in [1.807, 2.05) is 32.0 Å². The molecular formula is C24H25FN2O4S. The van der Waals surface area contributed by atoms with E-state index >= 15 is 0 Å². The molecule has 168 valence electrons. The molecule has 3 aromatic carbocycles. The van der Waals surface area contributed by atoms with Crippen LogP contribution >= 0.6 is 0 Å². The quantitative estimate of drug-likeness (QED) is 0.497. The molecule has 0 fully saturated rings. The van der Waals surface area contributed by atoms with Crippen LogP contribution in [0, 0.1) is 19.7 Å². The lowest BCUT2D eigenvalue weighted by molar-refractivity contribution is -0.119. The number of rotatable bonds is 9. The fraction of sp³-hybridized carbons (Fsp3) is 0.208. The Morgan fingerprint density at radius 3 is 2.34 bits per heavy atom. The minimum absolute atomic E-state index is 0.103. The van der Waals surface area contributed by atoms with Gasteiger partial charge in [-0.1, -0.05) is 35.9 Å². The molecule has 3 aromatic rings. The first kappa shape index (κ1) is 23.3. The summed E-state index contributed by atoms with van der Waals surface area (Å²) in [7, 11) is -4.07. The number of amides is 1. The van der Waals surface area contributed by atoms with Gasteiger partial charge in [-0.3, -0.25) is 9.10 Å². The van der Waals surface area contributed by atoms with Crippen molar-refractivity contribution in [3.8, 4) is 5.75 Å². The van der Waals surface area contributed by atoms with E-state index in [-0.39, 0.29) is 18.0 Å². The lowest BCUT2D eigenvalue weighted by atomic mass is 10.1. The van der Waals surface area contributed by atoms with Gasteiger partial charge >= 0.3 is 0 Å². The summed E-state index contributed by atoms with van der Waals surface area (Å²) in [5.41, 5.74) is 2.46. The fourth-order valence-corrected chi connectivity index (χ4v) is 4.56. The molecule has 6 nitrogen and oxygen atoms in total. The third-order valence-corrected chi connectivity index (χ3v) is 6.53. The molecular weight excluding hydrogens is 431 g/mol. The molecule has 0 spiro atoms. The van der Waals surface area contributed by atoms with Crippen molar-refractivity contribution >= 4 is 21.6 Å². The number of sulfonamides is 1. The number of aryl methyl sites for hydroxylation is 2. The fourth-order valence-electron chi connectivity index (χ4n) is 3.14. The number of ether oxygens (including phenoxy) is 1. The largest absolute Gasteiger partial charge is 0.491 e. The molecule has 0 aromatic heterocycles. The van der Waals surface area contributed by atoms with E-state index in [1.165, 1.54) is 12.1 Å². The van der Waals surface area contributed by atoms with E-state index in [1.54, 1.807) is 30.3 Å². The minimum atomic E-state index is -4.07. The lowest BCUT2D eigenvalue weighted by Gasteiger charge is -2.24. The van der Waals surface area contributed by atoms with Crippen LogP contribution in [0.4, 0.5) is 10.1 Å². The number of hydrogen-bond acceptors (Lipinski definition) is 4. The summed E-state index contributed by atoms with van der Waals surface area (Å²) >= 11 is 0. The van der Waals surface area contributed by atoms with Gasteiger partial charge in [0.2, 0.25) is 5.91 Å². The van der Waals surface area contributed by atoms with E-state index in [0.717, 1.165) is 33.3 Å². The highest BCUT2D eigenvalue weighted by Gasteiger charge is 2.27. The van der Waals surface area contributed by atoms with Crippen LogP contribution in [0.5, 0.6) is 5.75 Å². The maximum absolute atomic E-state index is 13.3. The average molecular weight is 457 g/mol. The smallest absolute Gasteiger partial charge is 0.264 e. The second-order valence-electron chi connectivity index (χ2n) is 7.27. The predicted octanol–water partition coefficient (Wildman–Crippen LogP) is 3.83. The Balaban J connectivity index is 1.67. The van der Waals surface area contributed by atoms with Crippen LogP contribution in [0.25, 0.3) is 0 Å². The van der Waals surface area contributed by atoms with Crippen molar-refractivity contribution < 1.29 is 22.3 Å². The third kappa shape index (κ3) is 5.85. The number of anilines is 1. The van der Waals surface area contributed by atoms with E-state index in [0.29, 0.717) is 5.69 Å². The molecule has 32 heavy (non-hydrogen) atoms. The van der Waals surface area contributed by atoms with Crippen LogP contribution in [0.1, 0.15) is 11.1 Å². The van der Waals surface area contributed by atoms with Gasteiger partial charge < -0.3 is 10.1 Å². The van der Waals surface area contributed by atoms with Crippen molar-refractivity contribution in [3.05, 3.63) is 89.7 Å². The van der Waals surface area contributed by atoms with Gasteiger partial charge in [-0.2, -0.15) is 0 Å². The molecule has 1 N–H and O–H groups in total. The summed E-state index contributed by atoms with van der Waals surface area (Å²) in [6, 6.07) is 18.6. The van der Waals surface area contributed by atoms with E-state index in [9.17, 15) is 17.6 Å². The van der Waals surface area contributed by atoms with Crippen LogP contribution in [0.2, 0.25) is 0 Å². The van der Waals surface area contributed by atoms with Gasteiger partial charge in [-0.25, -0.2) is 12.8 Å². The van der Waals surface area contributed by atoms with Crippen LogP contribution in [0.3, 0.4) is 0 Å². The number of hydrogen-bond donors (Lipinski definition) is 1. The summed E-state index contributed by atoms with van der Waals surface area (Å²) in [6.45, 7) is 3.97.